The number of aryl methyl sites for hydroxylation is 3. The van der Waals surface area contributed by atoms with Crippen LogP contribution in [-0.2, 0) is 38.8 Å². The summed E-state index contributed by atoms with van der Waals surface area (Å²) in [6.07, 6.45) is 15.0. The summed E-state index contributed by atoms with van der Waals surface area (Å²) in [4.78, 5) is 34.0. The van der Waals surface area contributed by atoms with Crippen molar-refractivity contribution in [2.24, 2.45) is 0 Å². The van der Waals surface area contributed by atoms with E-state index in [0.29, 0.717) is 40.9 Å². The Balaban J connectivity index is 0.748. The molecule has 2 saturated heterocycles. The van der Waals surface area contributed by atoms with Gasteiger partial charge in [-0.25, -0.2) is 9.97 Å². The molecule has 4 aliphatic rings. The standard InChI is InChI=1S/C40H50N16/c1-22-29-4-3-5-31(29)47-37-33(22)35(41)49-39(51-37)46-26-8-13-55(14-9-26)21-27-10-15-56(53-27)28-16-30-23(2)34-36(42)50-40(52-38(34)48-32(30)17-28)45-25-6-11-54(12-7-25)20-24-18-43-44-19-24/h10,15,18-19,25-26,28H,3-9,11-14,16-17,20-21H2,1-2H3,(H7,41,42,43,44,45,46,47,48,49,50,51,52)/p+1. The smallest absolute Gasteiger partial charge is 0.226 e. The number of aromatic nitrogens is 10. The van der Waals surface area contributed by atoms with Crippen LogP contribution in [0.1, 0.15) is 83.0 Å². The summed E-state index contributed by atoms with van der Waals surface area (Å²) < 4.78 is 2.25. The summed E-state index contributed by atoms with van der Waals surface area (Å²) in [5, 5.41) is 19.6. The maximum absolute atomic E-state index is 6.60. The van der Waals surface area contributed by atoms with Gasteiger partial charge in [-0.2, -0.15) is 30.1 Å². The van der Waals surface area contributed by atoms with Gasteiger partial charge >= 0.3 is 0 Å². The number of aromatic amines is 2. The first kappa shape index (κ1) is 35.0. The van der Waals surface area contributed by atoms with Gasteiger partial charge in [0.1, 0.15) is 11.6 Å². The maximum Gasteiger partial charge on any atom is 0.226 e. The van der Waals surface area contributed by atoms with E-state index in [4.69, 9.17) is 36.4 Å². The normalized spacial score (nSPS) is 19.6. The summed E-state index contributed by atoms with van der Waals surface area (Å²) in [7, 11) is 0. The second kappa shape index (κ2) is 14.2. The van der Waals surface area contributed by atoms with Crippen molar-refractivity contribution in [1.82, 2.24) is 55.0 Å². The number of rotatable bonds is 9. The number of H-pyrrole nitrogens is 2. The highest BCUT2D eigenvalue weighted by Crippen LogP contribution is 2.35. The van der Waals surface area contributed by atoms with E-state index in [9.17, 15) is 0 Å². The number of nitrogen functional groups attached to an aromatic ring is 2. The number of pyridine rings is 2. The minimum absolute atomic E-state index is 0.254. The van der Waals surface area contributed by atoms with Crippen LogP contribution < -0.4 is 26.8 Å². The van der Waals surface area contributed by atoms with Crippen LogP contribution in [0.15, 0.2) is 24.7 Å². The van der Waals surface area contributed by atoms with E-state index in [1.54, 1.807) is 0 Å². The van der Waals surface area contributed by atoms with Gasteiger partial charge in [-0.3, -0.25) is 14.9 Å². The number of hydrogen-bond donors (Lipinski definition) is 6. The number of piperidine rings is 2. The van der Waals surface area contributed by atoms with Crippen LogP contribution in [0.5, 0.6) is 0 Å². The molecule has 2 fully saturated rings. The fourth-order valence-corrected chi connectivity index (χ4v) is 9.62. The predicted molar refractivity (Wildman–Crippen MR) is 215 cm³/mol. The summed E-state index contributed by atoms with van der Waals surface area (Å²) in [5.41, 5.74) is 24.1. The predicted octanol–water partition coefficient (Wildman–Crippen LogP) is 3.46. The molecule has 0 radical (unpaired) electrons. The fourth-order valence-electron chi connectivity index (χ4n) is 9.62. The maximum atomic E-state index is 6.60. The zero-order valence-electron chi connectivity index (χ0n) is 32.3. The van der Waals surface area contributed by atoms with E-state index in [2.05, 4.69) is 71.5 Å². The first-order chi connectivity index (χ1) is 27.3. The molecule has 0 bridgehead atoms. The Labute approximate surface area is 325 Å². The summed E-state index contributed by atoms with van der Waals surface area (Å²) >= 11 is 0. The molecule has 8 heterocycles. The molecule has 1 atom stereocenters. The van der Waals surface area contributed by atoms with Crippen molar-refractivity contribution < 1.29 is 4.68 Å². The molecule has 56 heavy (non-hydrogen) atoms. The molecule has 2 aliphatic heterocycles. The highest BCUT2D eigenvalue weighted by molar-refractivity contribution is 5.91. The van der Waals surface area contributed by atoms with Crippen molar-refractivity contribution in [1.29, 1.82) is 0 Å². The van der Waals surface area contributed by atoms with Crippen molar-refractivity contribution in [2.45, 2.75) is 103 Å². The molecule has 0 saturated carbocycles. The molecule has 16 heteroatoms. The van der Waals surface area contributed by atoms with Crippen molar-refractivity contribution in [2.75, 3.05) is 48.3 Å². The molecule has 6 aromatic rings. The number of nitrogens with one attached hydrogen (secondary N) is 4. The van der Waals surface area contributed by atoms with Crippen molar-refractivity contribution >= 4 is 45.6 Å². The van der Waals surface area contributed by atoms with E-state index < -0.39 is 0 Å². The van der Waals surface area contributed by atoms with Gasteiger partial charge in [0.05, 0.1) is 34.8 Å². The lowest BCUT2D eigenvalue weighted by molar-refractivity contribution is -0.772. The van der Waals surface area contributed by atoms with Crippen LogP contribution in [-0.4, -0.2) is 93.3 Å². The second-order valence-electron chi connectivity index (χ2n) is 16.4. The Bertz CT molecular complexity index is 2410. The van der Waals surface area contributed by atoms with E-state index in [1.165, 1.54) is 33.6 Å². The van der Waals surface area contributed by atoms with Gasteiger partial charge in [0.25, 0.3) is 0 Å². The molecule has 10 rings (SSSR count). The van der Waals surface area contributed by atoms with E-state index in [0.717, 1.165) is 119 Å². The quantitative estimate of drug-likeness (QED) is 0.117. The minimum atomic E-state index is 0.254. The molecule has 6 aromatic heterocycles. The van der Waals surface area contributed by atoms with Crippen LogP contribution >= 0.6 is 0 Å². The summed E-state index contributed by atoms with van der Waals surface area (Å²) in [6.45, 7) is 10.0. The molecule has 1 unspecified atom stereocenters. The minimum Gasteiger partial charge on any atom is -0.383 e. The first-order valence-corrected chi connectivity index (χ1v) is 20.3. The largest absolute Gasteiger partial charge is 0.383 e. The van der Waals surface area contributed by atoms with Gasteiger partial charge < -0.3 is 22.1 Å². The van der Waals surface area contributed by atoms with Crippen LogP contribution in [0.2, 0.25) is 0 Å². The second-order valence-corrected chi connectivity index (χ2v) is 16.4. The Kier molecular flexibility index (Phi) is 8.88. The molecule has 0 spiro atoms. The molecule has 290 valence electrons. The van der Waals surface area contributed by atoms with Gasteiger partial charge in [0.15, 0.2) is 23.5 Å². The number of likely N-dealkylation sites (tertiary alicyclic amines) is 2. The monoisotopic (exact) mass is 755 g/mol. The van der Waals surface area contributed by atoms with E-state index in [-0.39, 0.29) is 12.1 Å². The van der Waals surface area contributed by atoms with Crippen LogP contribution in [0, 0.1) is 13.8 Å². The Morgan fingerprint density at radius 2 is 1.38 bits per heavy atom. The number of hydrogen-bond acceptors (Lipinski definition) is 13. The van der Waals surface area contributed by atoms with Gasteiger partial charge in [-0.1, -0.05) is 0 Å². The molecular weight excluding hydrogens is 705 g/mol. The van der Waals surface area contributed by atoms with Crippen molar-refractivity contribution in [3.63, 3.8) is 0 Å². The molecule has 2 aliphatic carbocycles. The molecule has 0 amide bonds. The van der Waals surface area contributed by atoms with Crippen LogP contribution in [0.25, 0.3) is 22.1 Å². The Morgan fingerprint density at radius 1 is 0.750 bits per heavy atom. The number of anilines is 4. The van der Waals surface area contributed by atoms with Crippen molar-refractivity contribution in [3.8, 4) is 0 Å². The van der Waals surface area contributed by atoms with Crippen molar-refractivity contribution in [3.05, 3.63) is 69.6 Å². The Morgan fingerprint density at radius 3 is 2.02 bits per heavy atom. The average Bonchev–Trinajstić information content (AvgIpc) is 4.01. The van der Waals surface area contributed by atoms with Crippen LogP contribution in [0.4, 0.5) is 23.5 Å². The lowest BCUT2D eigenvalue weighted by Crippen LogP contribution is -2.42. The van der Waals surface area contributed by atoms with Gasteiger partial charge in [0.2, 0.25) is 11.9 Å². The topological polar surface area (TPSA) is 208 Å². The highest BCUT2D eigenvalue weighted by Gasteiger charge is 2.34. The fraction of sp³-hybridized carbons (Fsp3) is 0.500. The average molecular weight is 756 g/mol. The third-order valence-corrected chi connectivity index (χ3v) is 12.7. The molecule has 16 nitrogen and oxygen atoms in total. The molecule has 0 aromatic carbocycles. The summed E-state index contributed by atoms with van der Waals surface area (Å²) in [5.74, 6) is 2.15. The number of fused-ring (bicyclic) bond motifs is 4. The lowest BCUT2D eigenvalue weighted by Gasteiger charge is -2.32. The van der Waals surface area contributed by atoms with E-state index in [1.807, 2.05) is 12.4 Å². The van der Waals surface area contributed by atoms with Gasteiger partial charge in [-0.05, 0) is 81.0 Å². The first-order valence-electron chi connectivity index (χ1n) is 20.3. The lowest BCUT2D eigenvalue weighted by atomic mass is 10.0. The summed E-state index contributed by atoms with van der Waals surface area (Å²) in [6, 6.07) is 3.05. The number of nitrogens with two attached hydrogens (primary N) is 2. The zero-order chi connectivity index (χ0) is 37.9. The zero-order valence-corrected chi connectivity index (χ0v) is 32.3. The Hall–Kier alpha value is -5.48. The van der Waals surface area contributed by atoms with Crippen LogP contribution in [0.3, 0.4) is 0 Å². The SMILES string of the molecule is Cc1c2c(nc3nc(NC4CCN(Cc5cc[n+](C6Cc7nc8nc(NC9CCN(Cc%10cn[nH]c%10)CC9)nc(N)c8c(C)c7C6)[nH]5)CC4)nc(N)c13)CCC2. The van der Waals surface area contributed by atoms with Gasteiger partial charge in [0, 0.05) is 81.3 Å². The highest BCUT2D eigenvalue weighted by atomic mass is 15.3. The molecular formula is C40H51N16+. The third-order valence-electron chi connectivity index (χ3n) is 12.7. The molecule has 8 N–H and O–H groups in total. The van der Waals surface area contributed by atoms with E-state index >= 15 is 0 Å². The number of nitrogens with zero attached hydrogens (tertiary/aromatic N) is 10. The third kappa shape index (κ3) is 6.63. The van der Waals surface area contributed by atoms with Gasteiger partial charge in [-0.15, -0.1) is 4.68 Å².